The van der Waals surface area contributed by atoms with Crippen LogP contribution in [0.3, 0.4) is 0 Å². The molecule has 5 aliphatic rings. The maximum Gasteiger partial charge on any atom is 0.163 e. The van der Waals surface area contributed by atoms with Crippen LogP contribution in [0.1, 0.15) is 59.8 Å². The summed E-state index contributed by atoms with van der Waals surface area (Å²) < 4.78 is 18.8. The van der Waals surface area contributed by atoms with E-state index in [0.29, 0.717) is 35.4 Å². The number of rotatable bonds is 0. The number of hydrogen-bond donors (Lipinski definition) is 0. The average molecular weight is 359 g/mol. The summed E-state index contributed by atoms with van der Waals surface area (Å²) in [5.41, 5.74) is 3.36. The Labute approximate surface area is 158 Å². The zero-order valence-corrected chi connectivity index (χ0v) is 16.8. The molecule has 0 bridgehead atoms. The van der Waals surface area contributed by atoms with Crippen molar-refractivity contribution in [1.82, 2.24) is 0 Å². The summed E-state index contributed by atoms with van der Waals surface area (Å²) >= 11 is 0. The van der Waals surface area contributed by atoms with Gasteiger partial charge in [0.05, 0.1) is 25.4 Å². The quantitative estimate of drug-likeness (QED) is 0.578. The molecule has 0 N–H and O–H groups in total. The summed E-state index contributed by atoms with van der Waals surface area (Å²) in [5, 5.41) is 0. The topological polar surface area (TPSA) is 27.7 Å². The van der Waals surface area contributed by atoms with Gasteiger partial charge in [0.2, 0.25) is 0 Å². The second-order valence-corrected chi connectivity index (χ2v) is 10.5. The van der Waals surface area contributed by atoms with Crippen molar-refractivity contribution in [3.63, 3.8) is 0 Å². The molecule has 26 heavy (non-hydrogen) atoms. The smallest absolute Gasteiger partial charge is 0.163 e. The SMILES string of the molecule is C=C1CO[C@H]2C3=CC[C@@H]4[C@](C)(CC[C@H]5OC(C)(C)OC[C@]45C)[C@H]3CC[C@H]12. The first kappa shape index (κ1) is 17.5. The van der Waals surface area contributed by atoms with Gasteiger partial charge in [-0.15, -0.1) is 0 Å². The van der Waals surface area contributed by atoms with Crippen molar-refractivity contribution in [3.8, 4) is 0 Å². The highest BCUT2D eigenvalue weighted by Gasteiger charge is 2.62. The normalized spacial score (nSPS) is 52.4. The van der Waals surface area contributed by atoms with Gasteiger partial charge >= 0.3 is 0 Å². The molecule has 2 saturated carbocycles. The Morgan fingerprint density at radius 3 is 2.69 bits per heavy atom. The summed E-state index contributed by atoms with van der Waals surface area (Å²) in [6.07, 6.45) is 9.25. The molecule has 3 heteroatoms. The Kier molecular flexibility index (Phi) is 3.66. The van der Waals surface area contributed by atoms with Crippen LogP contribution in [0.4, 0.5) is 0 Å². The van der Waals surface area contributed by atoms with Crippen molar-refractivity contribution in [2.24, 2.45) is 28.6 Å². The molecule has 7 atom stereocenters. The zero-order chi connectivity index (χ0) is 18.3. The van der Waals surface area contributed by atoms with Crippen LogP contribution in [0.15, 0.2) is 23.8 Å². The van der Waals surface area contributed by atoms with Crippen molar-refractivity contribution in [1.29, 1.82) is 0 Å². The van der Waals surface area contributed by atoms with Gasteiger partial charge in [-0.2, -0.15) is 0 Å². The Morgan fingerprint density at radius 1 is 1.08 bits per heavy atom. The fourth-order valence-electron chi connectivity index (χ4n) is 7.22. The van der Waals surface area contributed by atoms with E-state index in [9.17, 15) is 0 Å². The standard InChI is InChI=1S/C23H34O3/c1-14-12-24-20-15(14)6-8-17-16(20)7-9-18-22(17,4)11-10-19-23(18,5)13-25-21(2,3)26-19/h7,15,17-20H,1,6,8-13H2,2-5H3/t15-,17+,18-,19-,20-,22-,23-/m1/s1. The van der Waals surface area contributed by atoms with E-state index in [4.69, 9.17) is 14.2 Å². The van der Waals surface area contributed by atoms with E-state index < -0.39 is 5.79 Å². The second kappa shape index (κ2) is 5.46. The van der Waals surface area contributed by atoms with Crippen LogP contribution in [0.2, 0.25) is 0 Å². The van der Waals surface area contributed by atoms with Crippen LogP contribution < -0.4 is 0 Å². The Balaban J connectivity index is 1.49. The van der Waals surface area contributed by atoms with E-state index >= 15 is 0 Å². The van der Waals surface area contributed by atoms with Gasteiger partial charge in [0.15, 0.2) is 5.79 Å². The predicted octanol–water partition coefficient (Wildman–Crippen LogP) is 4.87. The monoisotopic (exact) mass is 358 g/mol. The minimum atomic E-state index is -0.441. The van der Waals surface area contributed by atoms with E-state index in [1.54, 1.807) is 5.57 Å². The van der Waals surface area contributed by atoms with E-state index in [1.807, 2.05) is 0 Å². The van der Waals surface area contributed by atoms with Gasteiger partial charge in [0, 0.05) is 11.3 Å². The zero-order valence-electron chi connectivity index (χ0n) is 16.8. The van der Waals surface area contributed by atoms with Crippen LogP contribution in [0.25, 0.3) is 0 Å². The van der Waals surface area contributed by atoms with Crippen LogP contribution in [-0.2, 0) is 14.2 Å². The van der Waals surface area contributed by atoms with Crippen LogP contribution >= 0.6 is 0 Å². The first-order valence-corrected chi connectivity index (χ1v) is 10.6. The van der Waals surface area contributed by atoms with Crippen molar-refractivity contribution in [3.05, 3.63) is 23.8 Å². The Morgan fingerprint density at radius 2 is 1.88 bits per heavy atom. The largest absolute Gasteiger partial charge is 0.369 e. The molecule has 0 aromatic heterocycles. The van der Waals surface area contributed by atoms with E-state index in [1.165, 1.54) is 24.8 Å². The number of hydrogen-bond acceptors (Lipinski definition) is 3. The summed E-state index contributed by atoms with van der Waals surface area (Å²) in [5.74, 6) is 1.40. The average Bonchev–Trinajstić information content (AvgIpc) is 2.97. The minimum Gasteiger partial charge on any atom is -0.369 e. The van der Waals surface area contributed by atoms with E-state index in [0.717, 1.165) is 26.1 Å². The maximum absolute atomic E-state index is 6.41. The van der Waals surface area contributed by atoms with E-state index in [2.05, 4.69) is 40.3 Å². The molecule has 0 radical (unpaired) electrons. The van der Waals surface area contributed by atoms with Gasteiger partial charge < -0.3 is 14.2 Å². The maximum atomic E-state index is 6.41. The fraction of sp³-hybridized carbons (Fsp3) is 0.826. The Hall–Kier alpha value is -0.640. The lowest BCUT2D eigenvalue weighted by atomic mass is 9.45. The molecule has 144 valence electrons. The molecule has 4 fully saturated rings. The van der Waals surface area contributed by atoms with Crippen molar-refractivity contribution in [2.75, 3.05) is 13.2 Å². The summed E-state index contributed by atoms with van der Waals surface area (Å²) in [6.45, 7) is 14.9. The van der Waals surface area contributed by atoms with Gasteiger partial charge in [-0.05, 0) is 74.3 Å². The highest BCUT2D eigenvalue weighted by Crippen LogP contribution is 2.65. The van der Waals surface area contributed by atoms with Gasteiger partial charge in [0.1, 0.15) is 0 Å². The van der Waals surface area contributed by atoms with Crippen molar-refractivity contribution < 1.29 is 14.2 Å². The van der Waals surface area contributed by atoms with Crippen LogP contribution in [0.5, 0.6) is 0 Å². The van der Waals surface area contributed by atoms with Crippen LogP contribution in [0, 0.1) is 28.6 Å². The van der Waals surface area contributed by atoms with E-state index in [-0.39, 0.29) is 5.41 Å². The lowest BCUT2D eigenvalue weighted by Crippen LogP contribution is -2.63. The third-order valence-corrected chi connectivity index (χ3v) is 8.65. The first-order chi connectivity index (χ1) is 12.2. The third kappa shape index (κ3) is 2.23. The third-order valence-electron chi connectivity index (χ3n) is 8.65. The minimum absolute atomic E-state index is 0.113. The lowest BCUT2D eigenvalue weighted by molar-refractivity contribution is -0.343. The van der Waals surface area contributed by atoms with Gasteiger partial charge in [-0.1, -0.05) is 26.5 Å². The van der Waals surface area contributed by atoms with Crippen molar-refractivity contribution >= 4 is 0 Å². The highest BCUT2D eigenvalue weighted by molar-refractivity contribution is 5.31. The summed E-state index contributed by atoms with van der Waals surface area (Å²) in [7, 11) is 0. The van der Waals surface area contributed by atoms with Crippen LogP contribution in [-0.4, -0.2) is 31.2 Å². The predicted molar refractivity (Wildman–Crippen MR) is 102 cm³/mol. The molecule has 3 aliphatic carbocycles. The summed E-state index contributed by atoms with van der Waals surface area (Å²) in [4.78, 5) is 0. The molecule has 2 saturated heterocycles. The molecule has 0 unspecified atom stereocenters. The van der Waals surface area contributed by atoms with Gasteiger partial charge in [-0.25, -0.2) is 0 Å². The molecule has 2 aliphatic heterocycles. The molecule has 0 amide bonds. The Bertz CT molecular complexity index is 664. The molecule has 0 spiro atoms. The molecule has 0 aromatic rings. The molecular weight excluding hydrogens is 324 g/mol. The molecule has 3 nitrogen and oxygen atoms in total. The molecular formula is C23H34O3. The number of fused-ring (bicyclic) bond motifs is 7. The number of allylic oxidation sites excluding steroid dienone is 1. The first-order valence-electron chi connectivity index (χ1n) is 10.6. The van der Waals surface area contributed by atoms with Gasteiger partial charge in [-0.3, -0.25) is 0 Å². The van der Waals surface area contributed by atoms with Crippen molar-refractivity contribution in [2.45, 2.75) is 77.8 Å². The lowest BCUT2D eigenvalue weighted by Gasteiger charge is -2.63. The second-order valence-electron chi connectivity index (χ2n) is 10.5. The number of ether oxygens (including phenoxy) is 3. The highest BCUT2D eigenvalue weighted by atomic mass is 16.7. The molecule has 5 rings (SSSR count). The fourth-order valence-corrected chi connectivity index (χ4v) is 7.22. The molecule has 0 aromatic carbocycles. The molecule has 2 heterocycles. The van der Waals surface area contributed by atoms with Gasteiger partial charge in [0.25, 0.3) is 0 Å². The summed E-state index contributed by atoms with van der Waals surface area (Å²) in [6, 6.07) is 0.